The van der Waals surface area contributed by atoms with Gasteiger partial charge in [0.1, 0.15) is 31.1 Å². The third-order valence-electron chi connectivity index (χ3n) is 16.4. The summed E-state index contributed by atoms with van der Waals surface area (Å²) in [5, 5.41) is 25.9. The number of benzene rings is 2. The topological polar surface area (TPSA) is 347 Å². The molecule has 5 heterocycles. The van der Waals surface area contributed by atoms with Crippen LogP contribution in [0, 0.1) is 18.7 Å². The van der Waals surface area contributed by atoms with Crippen molar-refractivity contribution in [2.75, 3.05) is 124 Å². The Labute approximate surface area is 548 Å². The lowest BCUT2D eigenvalue weighted by atomic mass is 9.81. The maximum absolute atomic E-state index is 15.4. The van der Waals surface area contributed by atoms with E-state index in [0.717, 1.165) is 10.5 Å². The van der Waals surface area contributed by atoms with Crippen LogP contribution in [0.3, 0.4) is 0 Å². The van der Waals surface area contributed by atoms with Crippen LogP contribution in [-0.4, -0.2) is 198 Å². The molecular formula is C66H85FN8O20. The molecule has 0 fully saturated rings. The van der Waals surface area contributed by atoms with E-state index < -0.39 is 76.7 Å². The van der Waals surface area contributed by atoms with Crippen molar-refractivity contribution >= 4 is 64.1 Å². The maximum Gasteiger partial charge on any atom is 0.407 e. The second kappa shape index (κ2) is 35.6. The van der Waals surface area contributed by atoms with Crippen LogP contribution < -0.4 is 32.1 Å². The lowest BCUT2D eigenvalue weighted by Gasteiger charge is -2.31. The van der Waals surface area contributed by atoms with Gasteiger partial charge in [-0.3, -0.25) is 38.5 Å². The largest absolute Gasteiger partial charge is 0.458 e. The molecule has 3 aliphatic heterocycles. The number of aromatic nitrogens is 2. The summed E-state index contributed by atoms with van der Waals surface area (Å²) in [7, 11) is 0. The lowest BCUT2D eigenvalue weighted by molar-refractivity contribution is -0.172. The number of halogens is 1. The van der Waals surface area contributed by atoms with Crippen molar-refractivity contribution in [1.82, 2.24) is 35.7 Å². The molecule has 4 aliphatic rings. The number of ether oxygens (including phenoxy) is 10. The molecule has 1 unspecified atom stereocenters. The van der Waals surface area contributed by atoms with Crippen LogP contribution in [0.25, 0.3) is 22.3 Å². The molecule has 516 valence electrons. The van der Waals surface area contributed by atoms with Crippen molar-refractivity contribution in [3.8, 4) is 11.4 Å². The molecule has 2 aromatic heterocycles. The van der Waals surface area contributed by atoms with Crippen molar-refractivity contribution in [3.63, 3.8) is 0 Å². The predicted octanol–water partition coefficient (Wildman–Crippen LogP) is 2.98. The average Bonchev–Trinajstić information content (AvgIpc) is 1.63. The van der Waals surface area contributed by atoms with Gasteiger partial charge in [0.05, 0.1) is 141 Å². The summed E-state index contributed by atoms with van der Waals surface area (Å²) in [6.07, 6.45) is 2.42. The summed E-state index contributed by atoms with van der Waals surface area (Å²) in [6, 6.07) is 6.96. The van der Waals surface area contributed by atoms with E-state index in [0.29, 0.717) is 156 Å². The minimum Gasteiger partial charge on any atom is -0.458 e. The van der Waals surface area contributed by atoms with E-state index >= 15 is 4.39 Å². The number of aryl methyl sites for hydroxylation is 1. The summed E-state index contributed by atoms with van der Waals surface area (Å²) in [4.78, 5) is 121. The van der Waals surface area contributed by atoms with Crippen molar-refractivity contribution < 1.29 is 95.2 Å². The number of alkyl carbamates (subject to hydrolysis) is 1. The van der Waals surface area contributed by atoms with Gasteiger partial charge in [0.25, 0.3) is 17.4 Å². The lowest BCUT2D eigenvalue weighted by Crippen LogP contribution is -2.53. The van der Waals surface area contributed by atoms with E-state index in [4.69, 9.17) is 52.4 Å². The number of hydrogen-bond acceptors (Lipinski definition) is 21. The molecule has 29 heteroatoms. The first kappa shape index (κ1) is 72.7. The monoisotopic (exact) mass is 1330 g/mol. The number of rotatable bonds is 40. The number of esters is 1. The fraction of sp³-hybridized carbons (Fsp3) is 0.545. The van der Waals surface area contributed by atoms with Gasteiger partial charge in [0.2, 0.25) is 23.6 Å². The highest BCUT2D eigenvalue weighted by Crippen LogP contribution is 2.46. The molecule has 1 aliphatic carbocycles. The molecule has 0 saturated carbocycles. The zero-order chi connectivity index (χ0) is 68.0. The van der Waals surface area contributed by atoms with E-state index in [1.54, 1.807) is 58.0 Å². The Morgan fingerprint density at radius 1 is 0.726 bits per heavy atom. The zero-order valence-corrected chi connectivity index (χ0v) is 54.2. The van der Waals surface area contributed by atoms with Gasteiger partial charge in [-0.1, -0.05) is 32.9 Å². The third-order valence-corrected chi connectivity index (χ3v) is 16.4. The molecule has 0 spiro atoms. The summed E-state index contributed by atoms with van der Waals surface area (Å²) < 4.78 is 71.8. The molecule has 0 saturated heterocycles. The molecule has 28 nitrogen and oxygen atoms in total. The van der Waals surface area contributed by atoms with Crippen LogP contribution in [-0.2, 0) is 113 Å². The number of hydrogen-bond donors (Lipinski definition) is 6. The second-order valence-electron chi connectivity index (χ2n) is 23.2. The molecule has 2 aromatic carbocycles. The number of pyridine rings is 2. The van der Waals surface area contributed by atoms with Crippen LogP contribution in [0.5, 0.6) is 0 Å². The van der Waals surface area contributed by atoms with Gasteiger partial charge in [-0.15, -0.1) is 0 Å². The average molecular weight is 1330 g/mol. The number of amides is 7. The van der Waals surface area contributed by atoms with Crippen molar-refractivity contribution in [1.29, 1.82) is 0 Å². The van der Waals surface area contributed by atoms with Gasteiger partial charge < -0.3 is 83.6 Å². The zero-order valence-electron chi connectivity index (χ0n) is 54.2. The molecular weight excluding hydrogens is 1240 g/mol. The molecule has 0 radical (unpaired) electrons. The molecule has 7 amide bonds. The minimum atomic E-state index is -2.04. The molecule has 95 heavy (non-hydrogen) atoms. The number of cyclic esters (lactones) is 1. The molecule has 6 N–H and O–H groups in total. The summed E-state index contributed by atoms with van der Waals surface area (Å²) >= 11 is 0. The van der Waals surface area contributed by atoms with Gasteiger partial charge in [0, 0.05) is 66.4 Å². The number of nitrogens with one attached hydrogen (secondary N) is 5. The van der Waals surface area contributed by atoms with Crippen LogP contribution in [0.15, 0.2) is 53.3 Å². The number of aliphatic hydroxyl groups is 1. The highest BCUT2D eigenvalue weighted by atomic mass is 19.1. The van der Waals surface area contributed by atoms with Gasteiger partial charge in [-0.2, -0.15) is 0 Å². The van der Waals surface area contributed by atoms with Crippen molar-refractivity contribution in [2.45, 2.75) is 110 Å². The highest BCUT2D eigenvalue weighted by Gasteiger charge is 2.46. The van der Waals surface area contributed by atoms with E-state index in [2.05, 4.69) is 26.6 Å². The number of imide groups is 1. The normalized spacial score (nSPS) is 16.7. The molecule has 8 rings (SSSR count). The van der Waals surface area contributed by atoms with E-state index in [9.17, 15) is 48.3 Å². The third kappa shape index (κ3) is 19.5. The van der Waals surface area contributed by atoms with Gasteiger partial charge in [0.15, 0.2) is 5.60 Å². The quantitative estimate of drug-likeness (QED) is 0.0186. The van der Waals surface area contributed by atoms with Crippen LogP contribution in [0.2, 0.25) is 0 Å². The summed E-state index contributed by atoms with van der Waals surface area (Å²) in [5.41, 5.74) is 2.41. The Bertz CT molecular complexity index is 3470. The summed E-state index contributed by atoms with van der Waals surface area (Å²) in [6.45, 7) is 13.8. The number of carbonyl (C=O) groups excluding carboxylic acids is 8. The fourth-order valence-electron chi connectivity index (χ4n) is 11.1. The Morgan fingerprint density at radius 2 is 1.31 bits per heavy atom. The number of fused-ring (bicyclic) bond motifs is 5. The first-order valence-corrected chi connectivity index (χ1v) is 32.0. The first-order chi connectivity index (χ1) is 45.8. The summed E-state index contributed by atoms with van der Waals surface area (Å²) in [5.74, 6) is -4.18. The SMILES string of the molecule is CC[C@@]1(O)C(=O)OCc2c1cc1n(c2=O)Cc2c-1nc1cc(F)c(C)c3c1c2C(NC(=O)OCc1ccc(NC(=O)[C@H](C)NC(=O)[C@@H](NC(=O)CCOCCOCCOCCOCCOCCOCCOCCOCCNC(=O)CCN2C(=O)C=CC2=O)C(C)C)cc1)CC3. The predicted molar refractivity (Wildman–Crippen MR) is 338 cm³/mol. The van der Waals surface area contributed by atoms with E-state index in [1.807, 2.05) is 0 Å². The van der Waals surface area contributed by atoms with Gasteiger partial charge in [-0.05, 0) is 79.5 Å². The molecule has 4 atom stereocenters. The Morgan fingerprint density at radius 3 is 1.88 bits per heavy atom. The Hall–Kier alpha value is -8.13. The van der Waals surface area contributed by atoms with Crippen LogP contribution in [0.4, 0.5) is 14.9 Å². The fourth-order valence-corrected chi connectivity index (χ4v) is 11.1. The van der Waals surface area contributed by atoms with Crippen molar-refractivity contribution in [2.24, 2.45) is 5.92 Å². The Balaban J connectivity index is 0.629. The standard InChI is InChI=1S/C66H85FN8O20/c1-6-66(85)48-35-52-60-46(37-75(52)63(82)47(48)39-94-64(66)83)58-50(12-11-45-41(4)49(67)36-51(71-60)57(45)58)72-65(84)95-38-43-7-9-44(10-8-43)70-61(80)42(5)69-62(81)59(40(2)3)73-54(77)16-19-86-21-23-88-25-27-90-29-31-92-33-34-93-32-30-91-28-26-89-24-22-87-20-17-68-53(76)15-18-74-55(78)13-14-56(74)79/h7-10,13-14,35-36,40,42,50,59,85H,6,11-12,15-34,37-39H2,1-5H3,(H,68,76)(H,69,81)(H,70,80)(H,72,84)(H,73,77)/t42-,50?,59-,66-/m0/s1. The number of nitrogens with zero attached hydrogens (tertiary/aromatic N) is 3. The van der Waals surface area contributed by atoms with E-state index in [1.165, 1.54) is 29.7 Å². The molecule has 4 aromatic rings. The smallest absolute Gasteiger partial charge is 0.407 e. The first-order valence-electron chi connectivity index (χ1n) is 32.0. The number of carbonyl (C=O) groups is 8. The van der Waals surface area contributed by atoms with Crippen LogP contribution >= 0.6 is 0 Å². The second-order valence-corrected chi connectivity index (χ2v) is 23.2. The van der Waals surface area contributed by atoms with Crippen LogP contribution in [0.1, 0.15) is 98.4 Å². The van der Waals surface area contributed by atoms with Crippen molar-refractivity contribution in [3.05, 3.63) is 104 Å². The Kier molecular flexibility index (Phi) is 27.2. The van der Waals surface area contributed by atoms with Gasteiger partial charge >= 0.3 is 12.1 Å². The molecule has 0 bridgehead atoms. The van der Waals surface area contributed by atoms with E-state index in [-0.39, 0.29) is 88.3 Å². The minimum absolute atomic E-state index is 0.00777. The highest BCUT2D eigenvalue weighted by molar-refractivity contribution is 6.13. The number of anilines is 1. The van der Waals surface area contributed by atoms with Gasteiger partial charge in [-0.25, -0.2) is 19.0 Å². The maximum atomic E-state index is 15.4.